The second-order valence-corrected chi connectivity index (χ2v) is 8.37. The average Bonchev–Trinajstić information content (AvgIpc) is 3.22. The third-order valence-corrected chi connectivity index (χ3v) is 6.27. The fourth-order valence-electron chi connectivity index (χ4n) is 3.95. The van der Waals surface area contributed by atoms with Gasteiger partial charge in [-0.15, -0.1) is 0 Å². The van der Waals surface area contributed by atoms with Crippen LogP contribution in [-0.4, -0.2) is 44.7 Å². The van der Waals surface area contributed by atoms with Crippen molar-refractivity contribution >= 4 is 17.3 Å². The number of aryl methyl sites for hydroxylation is 1. The van der Waals surface area contributed by atoms with Gasteiger partial charge in [0.25, 0.3) is 0 Å². The van der Waals surface area contributed by atoms with Gasteiger partial charge in [-0.05, 0) is 85.6 Å². The molecule has 27 heavy (non-hydrogen) atoms. The number of allylic oxidation sites excluding steroid dienone is 2. The second kappa shape index (κ2) is 11.6. The molecule has 1 saturated carbocycles. The first-order chi connectivity index (χ1) is 13.0. The van der Waals surface area contributed by atoms with Crippen LogP contribution in [0.15, 0.2) is 29.0 Å². The maximum absolute atomic E-state index is 10.5. The van der Waals surface area contributed by atoms with Crippen LogP contribution in [0.25, 0.3) is 0 Å². The van der Waals surface area contributed by atoms with Crippen LogP contribution < -0.4 is 0 Å². The third kappa shape index (κ3) is 7.74. The van der Waals surface area contributed by atoms with E-state index >= 15 is 0 Å². The van der Waals surface area contributed by atoms with Crippen LogP contribution in [0.2, 0.25) is 0 Å². The van der Waals surface area contributed by atoms with E-state index < -0.39 is 18.2 Å². The van der Waals surface area contributed by atoms with Gasteiger partial charge < -0.3 is 20.4 Å². The maximum Gasteiger partial charge on any atom is 0.303 e. The summed E-state index contributed by atoms with van der Waals surface area (Å²) in [7, 11) is 0. The fraction of sp³-hybridized carbons (Fsp3) is 0.667. The molecule has 1 aromatic heterocycles. The van der Waals surface area contributed by atoms with Crippen LogP contribution in [-0.2, 0) is 11.2 Å². The van der Waals surface area contributed by atoms with Gasteiger partial charge in [0.1, 0.15) is 0 Å². The predicted molar refractivity (Wildman–Crippen MR) is 107 cm³/mol. The molecule has 1 aliphatic rings. The molecule has 0 aromatic carbocycles. The zero-order valence-corrected chi connectivity index (χ0v) is 16.6. The molecule has 1 aliphatic carbocycles. The van der Waals surface area contributed by atoms with Crippen molar-refractivity contribution in [1.29, 1.82) is 0 Å². The Kier molecular flexibility index (Phi) is 9.48. The normalized spacial score (nSPS) is 26.6. The number of carboxylic acids is 1. The van der Waals surface area contributed by atoms with E-state index in [-0.39, 0.29) is 24.4 Å². The van der Waals surface area contributed by atoms with Gasteiger partial charge in [-0.2, -0.15) is 11.3 Å². The van der Waals surface area contributed by atoms with Gasteiger partial charge in [-0.25, -0.2) is 0 Å². The molecule has 0 aliphatic heterocycles. The van der Waals surface area contributed by atoms with E-state index in [4.69, 9.17) is 5.11 Å². The zero-order chi connectivity index (χ0) is 19.6. The van der Waals surface area contributed by atoms with Crippen molar-refractivity contribution in [2.24, 2.45) is 11.8 Å². The Morgan fingerprint density at radius 1 is 1.22 bits per heavy atom. The summed E-state index contributed by atoms with van der Waals surface area (Å²) >= 11 is 1.66. The van der Waals surface area contributed by atoms with Crippen molar-refractivity contribution < 1.29 is 25.2 Å². The van der Waals surface area contributed by atoms with Crippen LogP contribution in [0, 0.1) is 11.8 Å². The van der Waals surface area contributed by atoms with Crippen molar-refractivity contribution in [3.63, 3.8) is 0 Å². The maximum atomic E-state index is 10.5. The van der Waals surface area contributed by atoms with Gasteiger partial charge in [-0.1, -0.05) is 12.2 Å². The van der Waals surface area contributed by atoms with E-state index in [2.05, 4.69) is 11.4 Å². The summed E-state index contributed by atoms with van der Waals surface area (Å²) in [5.74, 6) is -0.783. The Morgan fingerprint density at radius 3 is 2.70 bits per heavy atom. The number of hydrogen-bond acceptors (Lipinski definition) is 5. The third-order valence-electron chi connectivity index (χ3n) is 5.54. The zero-order valence-electron chi connectivity index (χ0n) is 15.7. The summed E-state index contributed by atoms with van der Waals surface area (Å²) in [6.45, 7) is 0. The largest absolute Gasteiger partial charge is 0.481 e. The molecule has 0 bridgehead atoms. The summed E-state index contributed by atoms with van der Waals surface area (Å²) in [6.07, 6.45) is 8.03. The Hall–Kier alpha value is -1.21. The molecule has 1 aromatic rings. The first-order valence-corrected chi connectivity index (χ1v) is 10.8. The summed E-state index contributed by atoms with van der Waals surface area (Å²) in [5, 5.41) is 43.6. The van der Waals surface area contributed by atoms with Gasteiger partial charge in [-0.3, -0.25) is 4.79 Å². The van der Waals surface area contributed by atoms with E-state index in [1.165, 1.54) is 5.56 Å². The minimum absolute atomic E-state index is 0.000187. The molecular weight excluding hydrogens is 364 g/mol. The Labute approximate surface area is 165 Å². The van der Waals surface area contributed by atoms with Crippen molar-refractivity contribution in [2.75, 3.05) is 0 Å². The van der Waals surface area contributed by atoms with Gasteiger partial charge in [0.15, 0.2) is 0 Å². The topological polar surface area (TPSA) is 98.0 Å². The van der Waals surface area contributed by atoms with E-state index in [1.54, 1.807) is 11.3 Å². The van der Waals surface area contributed by atoms with E-state index in [1.807, 2.05) is 17.5 Å². The number of aliphatic hydroxyl groups is 3. The van der Waals surface area contributed by atoms with E-state index in [0.717, 1.165) is 12.8 Å². The van der Waals surface area contributed by atoms with Crippen LogP contribution in [0.3, 0.4) is 0 Å². The van der Waals surface area contributed by atoms with Crippen molar-refractivity contribution in [1.82, 2.24) is 0 Å². The molecule has 0 amide bonds. The number of hydrogen-bond donors (Lipinski definition) is 4. The van der Waals surface area contributed by atoms with Crippen LogP contribution in [0.5, 0.6) is 0 Å². The molecular formula is C21H32O5S. The number of carbonyl (C=O) groups is 1. The van der Waals surface area contributed by atoms with Crippen molar-refractivity contribution in [3.05, 3.63) is 34.5 Å². The molecule has 0 spiro atoms. The van der Waals surface area contributed by atoms with E-state index in [0.29, 0.717) is 38.5 Å². The Morgan fingerprint density at radius 2 is 2.00 bits per heavy atom. The monoisotopic (exact) mass is 396 g/mol. The first-order valence-electron chi connectivity index (χ1n) is 9.89. The van der Waals surface area contributed by atoms with Crippen LogP contribution in [0.1, 0.15) is 56.9 Å². The Bertz CT molecular complexity index is 571. The molecule has 5 atom stereocenters. The molecule has 0 saturated heterocycles. The molecule has 152 valence electrons. The molecule has 6 heteroatoms. The lowest BCUT2D eigenvalue weighted by molar-refractivity contribution is -0.137. The number of thiophene rings is 1. The van der Waals surface area contributed by atoms with Crippen LogP contribution in [0.4, 0.5) is 0 Å². The SMILES string of the molecule is O=C(O)CCC/C=C\C[C@@H]1[C@@H](CC[C@@H](O)CCc2ccsc2)[C@H](O)C[C@@H]1O. The van der Waals surface area contributed by atoms with Gasteiger partial charge in [0.2, 0.25) is 0 Å². The molecule has 0 radical (unpaired) electrons. The van der Waals surface area contributed by atoms with Crippen LogP contribution >= 0.6 is 11.3 Å². The van der Waals surface area contributed by atoms with E-state index in [9.17, 15) is 20.1 Å². The quantitative estimate of drug-likeness (QED) is 0.321. The number of rotatable bonds is 12. The van der Waals surface area contributed by atoms with Gasteiger partial charge in [0, 0.05) is 6.42 Å². The highest BCUT2D eigenvalue weighted by Gasteiger charge is 2.40. The number of aliphatic hydroxyl groups excluding tert-OH is 3. The highest BCUT2D eigenvalue weighted by Crippen LogP contribution is 2.38. The highest BCUT2D eigenvalue weighted by atomic mass is 32.1. The minimum Gasteiger partial charge on any atom is -0.481 e. The standard InChI is InChI=1S/C21H32O5S/c22-16(8-7-15-11-12-27-14-15)9-10-18-17(19(23)13-20(18)24)5-3-1-2-4-6-21(25)26/h1,3,11-12,14,16-20,22-24H,2,4-10,13H2,(H,25,26)/b3-1-/t16-,17+,18+,19-,20+/m0/s1. The van der Waals surface area contributed by atoms with Crippen molar-refractivity contribution in [2.45, 2.75) is 76.1 Å². The Balaban J connectivity index is 1.73. The lowest BCUT2D eigenvalue weighted by Gasteiger charge is -2.23. The minimum atomic E-state index is -0.782. The lowest BCUT2D eigenvalue weighted by Crippen LogP contribution is -2.23. The fourth-order valence-corrected chi connectivity index (χ4v) is 4.65. The number of unbranched alkanes of at least 4 members (excludes halogenated alkanes) is 1. The molecule has 5 nitrogen and oxygen atoms in total. The second-order valence-electron chi connectivity index (χ2n) is 7.59. The molecule has 1 heterocycles. The number of carboxylic acid groups (broad SMARTS) is 1. The predicted octanol–water partition coefficient (Wildman–Crippen LogP) is 3.38. The molecule has 4 N–H and O–H groups in total. The van der Waals surface area contributed by atoms with Gasteiger partial charge in [0.05, 0.1) is 18.3 Å². The first kappa shape index (κ1) is 22.1. The summed E-state index contributed by atoms with van der Waals surface area (Å²) in [5.41, 5.74) is 1.25. The highest BCUT2D eigenvalue weighted by molar-refractivity contribution is 7.07. The summed E-state index contributed by atoms with van der Waals surface area (Å²) in [4.78, 5) is 10.5. The van der Waals surface area contributed by atoms with Gasteiger partial charge >= 0.3 is 5.97 Å². The summed E-state index contributed by atoms with van der Waals surface area (Å²) < 4.78 is 0. The lowest BCUT2D eigenvalue weighted by atomic mass is 9.85. The van der Waals surface area contributed by atoms with Crippen molar-refractivity contribution in [3.8, 4) is 0 Å². The smallest absolute Gasteiger partial charge is 0.303 e. The average molecular weight is 397 g/mol. The molecule has 0 unspecified atom stereocenters. The number of aliphatic carboxylic acids is 1. The summed E-state index contributed by atoms with van der Waals surface area (Å²) in [6, 6.07) is 2.08. The molecule has 2 rings (SSSR count). The molecule has 1 fully saturated rings.